The third kappa shape index (κ3) is 7.16. The number of amides is 5. The van der Waals surface area contributed by atoms with E-state index in [2.05, 4.69) is 61.1 Å². The van der Waals surface area contributed by atoms with Crippen LogP contribution in [0.5, 0.6) is 5.75 Å². The predicted molar refractivity (Wildman–Crippen MR) is 215 cm³/mol. The van der Waals surface area contributed by atoms with Crippen LogP contribution in [0.3, 0.4) is 0 Å². The molecule has 298 valence electrons. The number of benzene rings is 3. The maximum Gasteiger partial charge on any atom is 0.262 e. The van der Waals surface area contributed by atoms with Crippen LogP contribution >= 0.6 is 11.6 Å². The highest BCUT2D eigenvalue weighted by molar-refractivity contribution is 6.31. The van der Waals surface area contributed by atoms with E-state index in [4.69, 9.17) is 16.3 Å². The normalized spacial score (nSPS) is 25.7. The Kier molecular flexibility index (Phi) is 10.2. The molecule has 1 saturated heterocycles. The molecule has 3 fully saturated rings. The van der Waals surface area contributed by atoms with Crippen molar-refractivity contribution < 1.29 is 28.7 Å². The molecule has 0 radical (unpaired) electrons. The Balaban J connectivity index is 0.803. The summed E-state index contributed by atoms with van der Waals surface area (Å²) in [6.07, 6.45) is 4.22. The molecule has 1 unspecified atom stereocenters. The first kappa shape index (κ1) is 39.3. The summed E-state index contributed by atoms with van der Waals surface area (Å²) in [6.45, 7) is 10.7. The second-order valence-corrected chi connectivity index (χ2v) is 18.1. The van der Waals surface area contributed by atoms with Crippen molar-refractivity contribution in [2.45, 2.75) is 97.5 Å². The van der Waals surface area contributed by atoms with Crippen molar-refractivity contribution in [1.29, 1.82) is 5.26 Å². The van der Waals surface area contributed by atoms with Gasteiger partial charge in [-0.15, -0.1) is 0 Å². The minimum atomic E-state index is -0.964. The molecule has 58 heavy (non-hydrogen) atoms. The summed E-state index contributed by atoms with van der Waals surface area (Å²) in [5.74, 6) is 6.16. The van der Waals surface area contributed by atoms with E-state index >= 15 is 0 Å². The van der Waals surface area contributed by atoms with Gasteiger partial charge in [-0.3, -0.25) is 39.1 Å². The molecule has 8 rings (SSSR count). The number of nitrogens with one attached hydrogen (secondary N) is 2. The van der Waals surface area contributed by atoms with Crippen LogP contribution in [0.4, 0.5) is 0 Å². The highest BCUT2D eigenvalue weighted by Crippen LogP contribution is 2.55. The zero-order valence-electron chi connectivity index (χ0n) is 33.1. The molecule has 3 heterocycles. The van der Waals surface area contributed by atoms with Crippen LogP contribution in [0.25, 0.3) is 0 Å². The van der Waals surface area contributed by atoms with Gasteiger partial charge in [0.1, 0.15) is 24.0 Å². The molecular weight excluding hydrogens is 754 g/mol. The maximum atomic E-state index is 13.4. The number of nitriles is 1. The number of ether oxygens (including phenoxy) is 1. The predicted octanol–water partition coefficient (Wildman–Crippen LogP) is 6.40. The lowest BCUT2D eigenvalue weighted by Gasteiger charge is -2.63. The van der Waals surface area contributed by atoms with E-state index in [1.807, 2.05) is 36.4 Å². The molecular formula is C46H46ClN5O6. The van der Waals surface area contributed by atoms with Gasteiger partial charge in [0.15, 0.2) is 0 Å². The number of piperidine rings is 1. The molecule has 1 atom stereocenters. The van der Waals surface area contributed by atoms with E-state index in [0.29, 0.717) is 58.0 Å². The fourth-order valence-corrected chi connectivity index (χ4v) is 10.3. The first-order valence-corrected chi connectivity index (χ1v) is 20.4. The van der Waals surface area contributed by atoms with E-state index in [0.717, 1.165) is 53.8 Å². The first-order chi connectivity index (χ1) is 27.6. The molecule has 2 aliphatic carbocycles. The van der Waals surface area contributed by atoms with Gasteiger partial charge in [0.05, 0.1) is 21.7 Å². The molecule has 5 amide bonds. The van der Waals surface area contributed by atoms with Crippen LogP contribution in [-0.4, -0.2) is 64.1 Å². The molecule has 3 aliphatic heterocycles. The van der Waals surface area contributed by atoms with Crippen molar-refractivity contribution in [3.8, 4) is 23.7 Å². The maximum absolute atomic E-state index is 13.4. The number of hydrogen-bond donors (Lipinski definition) is 2. The Hall–Kier alpha value is -5.49. The van der Waals surface area contributed by atoms with Crippen LogP contribution in [0.15, 0.2) is 54.6 Å². The second kappa shape index (κ2) is 15.0. The Labute approximate surface area is 343 Å². The fourth-order valence-electron chi connectivity index (χ4n) is 10.1. The zero-order chi connectivity index (χ0) is 41.1. The standard InChI is InChI=1S/C46H46ClN5O6/c1-45(2)43(46(3,4)44(45)58-33-16-15-30(22-48)36(47)21-33)50-39(54)29-13-11-27(12-14-29)6-5-26-7-9-28(10-8-26)23-51-24-31-19-34-35(20-32(31)25-51)42(57)52(41(34)56)37-17-18-38(53)49-40(37)55/h11-16,19-21,26,28,37,43-44H,7-10,17-18,23-25H2,1-4H3,(H,50,54)(H,49,53,55). The second-order valence-electron chi connectivity index (χ2n) is 17.6. The quantitative estimate of drug-likeness (QED) is 0.206. The number of fused-ring (bicyclic) bond motifs is 2. The number of carbonyl (C=O) groups excluding carboxylic acids is 5. The topological polar surface area (TPSA) is 149 Å². The van der Waals surface area contributed by atoms with E-state index in [1.165, 1.54) is 0 Å². The molecule has 0 spiro atoms. The fraction of sp³-hybridized carbons (Fsp3) is 0.435. The van der Waals surface area contributed by atoms with Crippen molar-refractivity contribution in [1.82, 2.24) is 20.4 Å². The summed E-state index contributed by atoms with van der Waals surface area (Å²) < 4.78 is 6.36. The Bertz CT molecular complexity index is 2280. The van der Waals surface area contributed by atoms with Crippen molar-refractivity contribution in [3.05, 3.63) is 98.6 Å². The minimum absolute atomic E-state index is 0.0954. The molecule has 5 aliphatic rings. The van der Waals surface area contributed by atoms with Gasteiger partial charge in [-0.1, -0.05) is 51.1 Å². The van der Waals surface area contributed by atoms with Crippen molar-refractivity contribution in [2.24, 2.45) is 22.7 Å². The lowest BCUT2D eigenvalue weighted by atomic mass is 9.49. The van der Waals surface area contributed by atoms with Crippen molar-refractivity contribution in [2.75, 3.05) is 6.54 Å². The molecule has 3 aromatic carbocycles. The van der Waals surface area contributed by atoms with Crippen LogP contribution in [0.1, 0.15) is 120 Å². The summed E-state index contributed by atoms with van der Waals surface area (Å²) in [4.78, 5) is 67.4. The monoisotopic (exact) mass is 799 g/mol. The molecule has 12 heteroatoms. The van der Waals surface area contributed by atoms with Gasteiger partial charge in [-0.25, -0.2) is 0 Å². The van der Waals surface area contributed by atoms with Gasteiger partial charge in [0.2, 0.25) is 11.8 Å². The number of imide groups is 2. The first-order valence-electron chi connectivity index (χ1n) is 20.0. The molecule has 2 saturated carbocycles. The molecule has 11 nitrogen and oxygen atoms in total. The Morgan fingerprint density at radius 2 is 1.53 bits per heavy atom. The lowest BCUT2D eigenvalue weighted by molar-refractivity contribution is -0.164. The summed E-state index contributed by atoms with van der Waals surface area (Å²) in [7, 11) is 0. The summed E-state index contributed by atoms with van der Waals surface area (Å²) in [5, 5.41) is 15.0. The van der Waals surface area contributed by atoms with Crippen LogP contribution in [-0.2, 0) is 22.7 Å². The average Bonchev–Trinajstić information content (AvgIpc) is 3.70. The molecule has 2 N–H and O–H groups in total. The van der Waals surface area contributed by atoms with Gasteiger partial charge in [-0.05, 0) is 97.7 Å². The van der Waals surface area contributed by atoms with Crippen LogP contribution in [0.2, 0.25) is 5.02 Å². The SMILES string of the molecule is CC1(C)C(NC(=O)c2ccc(C#CC3CCC(CN4Cc5cc6c(cc5C4)C(=O)N(C4CCC(=O)NC4=O)C6=O)CC3)cc2)C(C)(C)C1Oc1ccc(C#N)c(Cl)c1. The molecule has 0 aromatic heterocycles. The van der Waals surface area contributed by atoms with E-state index in [9.17, 15) is 29.2 Å². The highest BCUT2D eigenvalue weighted by Gasteiger charge is 2.64. The third-order valence-corrected chi connectivity index (χ3v) is 13.2. The van der Waals surface area contributed by atoms with Gasteiger partial charge in [0.25, 0.3) is 17.7 Å². The summed E-state index contributed by atoms with van der Waals surface area (Å²) >= 11 is 6.24. The minimum Gasteiger partial charge on any atom is -0.489 e. The van der Waals surface area contributed by atoms with Gasteiger partial charge in [0, 0.05) is 66.0 Å². The van der Waals surface area contributed by atoms with Crippen LogP contribution in [0, 0.1) is 45.8 Å². The lowest BCUT2D eigenvalue weighted by Crippen LogP contribution is -2.74. The average molecular weight is 800 g/mol. The van der Waals surface area contributed by atoms with Crippen molar-refractivity contribution >= 4 is 41.1 Å². The molecule has 0 bridgehead atoms. The smallest absolute Gasteiger partial charge is 0.262 e. The van der Waals surface area contributed by atoms with Gasteiger partial charge >= 0.3 is 0 Å². The van der Waals surface area contributed by atoms with Gasteiger partial charge in [-0.2, -0.15) is 5.26 Å². The number of rotatable bonds is 7. The zero-order valence-corrected chi connectivity index (χ0v) is 33.9. The number of carbonyl (C=O) groups is 5. The number of nitrogens with zero attached hydrogens (tertiary/aromatic N) is 3. The number of halogens is 1. The largest absolute Gasteiger partial charge is 0.489 e. The summed E-state index contributed by atoms with van der Waals surface area (Å²) in [6, 6.07) is 17.1. The Morgan fingerprint density at radius 3 is 2.12 bits per heavy atom. The highest BCUT2D eigenvalue weighted by atomic mass is 35.5. The van der Waals surface area contributed by atoms with Crippen molar-refractivity contribution in [3.63, 3.8) is 0 Å². The number of hydrogen-bond acceptors (Lipinski definition) is 8. The van der Waals surface area contributed by atoms with Crippen LogP contribution < -0.4 is 15.4 Å². The van der Waals surface area contributed by atoms with Gasteiger partial charge < -0.3 is 10.1 Å². The van der Waals surface area contributed by atoms with E-state index < -0.39 is 23.8 Å². The third-order valence-electron chi connectivity index (χ3n) is 12.9. The Morgan fingerprint density at radius 1 is 0.897 bits per heavy atom. The van der Waals surface area contributed by atoms with E-state index in [1.54, 1.807) is 18.2 Å². The molecule has 3 aromatic rings. The summed E-state index contributed by atoms with van der Waals surface area (Å²) in [5.41, 5.74) is 3.85. The van der Waals surface area contributed by atoms with E-state index in [-0.39, 0.29) is 47.6 Å².